The standard InChI is InChI=1S/C18H22O4S/c1-9-8-16(12(4)13(5)17(9)20)23(21,22)18-10(2)7-15(19)11(3)14(18)6/h7-8,19-20H,1-6H3. The van der Waals surface area contributed by atoms with Crippen molar-refractivity contribution in [3.63, 3.8) is 0 Å². The van der Waals surface area contributed by atoms with Gasteiger partial charge in [0, 0.05) is 0 Å². The van der Waals surface area contributed by atoms with Gasteiger partial charge in [0.25, 0.3) is 0 Å². The molecule has 0 aliphatic heterocycles. The molecule has 0 atom stereocenters. The van der Waals surface area contributed by atoms with E-state index in [0.29, 0.717) is 33.4 Å². The summed E-state index contributed by atoms with van der Waals surface area (Å²) >= 11 is 0. The predicted molar refractivity (Wildman–Crippen MR) is 90.1 cm³/mol. The van der Waals surface area contributed by atoms with E-state index in [0.717, 1.165) is 0 Å². The van der Waals surface area contributed by atoms with Crippen LogP contribution in [0.5, 0.6) is 11.5 Å². The molecule has 0 fully saturated rings. The van der Waals surface area contributed by atoms with Crippen molar-refractivity contribution in [2.75, 3.05) is 0 Å². The van der Waals surface area contributed by atoms with Crippen LogP contribution in [0.1, 0.15) is 33.4 Å². The van der Waals surface area contributed by atoms with E-state index < -0.39 is 9.84 Å². The fourth-order valence-corrected chi connectivity index (χ4v) is 5.02. The Morgan fingerprint density at radius 2 is 1.30 bits per heavy atom. The number of hydrogen-bond donors (Lipinski definition) is 2. The van der Waals surface area contributed by atoms with Gasteiger partial charge in [-0.1, -0.05) is 0 Å². The highest BCUT2D eigenvalue weighted by atomic mass is 32.2. The lowest BCUT2D eigenvalue weighted by Gasteiger charge is -2.18. The quantitative estimate of drug-likeness (QED) is 0.876. The van der Waals surface area contributed by atoms with Crippen molar-refractivity contribution in [1.29, 1.82) is 0 Å². The summed E-state index contributed by atoms with van der Waals surface area (Å²) in [5.74, 6) is 0.213. The first-order chi connectivity index (χ1) is 10.5. The van der Waals surface area contributed by atoms with E-state index in [9.17, 15) is 18.6 Å². The Morgan fingerprint density at radius 1 is 0.739 bits per heavy atom. The lowest BCUT2D eigenvalue weighted by molar-refractivity contribution is 0.465. The molecule has 0 aliphatic carbocycles. The van der Waals surface area contributed by atoms with E-state index in [4.69, 9.17) is 0 Å². The Balaban J connectivity index is 2.88. The van der Waals surface area contributed by atoms with E-state index in [1.54, 1.807) is 41.5 Å². The summed E-state index contributed by atoms with van der Waals surface area (Å²) in [6.07, 6.45) is 0. The van der Waals surface area contributed by atoms with Crippen molar-refractivity contribution in [3.05, 3.63) is 45.5 Å². The van der Waals surface area contributed by atoms with Crippen LogP contribution in [0, 0.1) is 41.5 Å². The van der Waals surface area contributed by atoms with E-state index in [1.807, 2.05) is 0 Å². The third-order valence-corrected chi connectivity index (χ3v) is 6.73. The molecule has 0 heterocycles. The van der Waals surface area contributed by atoms with Gasteiger partial charge in [0.2, 0.25) is 9.84 Å². The highest BCUT2D eigenvalue weighted by Gasteiger charge is 2.27. The van der Waals surface area contributed by atoms with E-state index >= 15 is 0 Å². The lowest BCUT2D eigenvalue weighted by atomic mass is 10.1. The minimum atomic E-state index is -3.75. The number of sulfone groups is 1. The first-order valence-corrected chi connectivity index (χ1v) is 8.83. The maximum atomic E-state index is 13.2. The normalized spacial score (nSPS) is 11.7. The Morgan fingerprint density at radius 3 is 1.87 bits per heavy atom. The zero-order chi connectivity index (χ0) is 17.7. The highest BCUT2D eigenvalue weighted by molar-refractivity contribution is 7.91. The van der Waals surface area contributed by atoms with Crippen LogP contribution in [0.2, 0.25) is 0 Å². The molecule has 124 valence electrons. The number of hydrogen-bond acceptors (Lipinski definition) is 4. The SMILES string of the molecule is Cc1cc(S(=O)(=O)c2c(C)cc(O)c(C)c2C)c(C)c(C)c1O. The van der Waals surface area contributed by atoms with Gasteiger partial charge in [-0.3, -0.25) is 0 Å². The van der Waals surface area contributed by atoms with Crippen LogP contribution < -0.4 is 0 Å². The molecule has 0 saturated carbocycles. The molecule has 23 heavy (non-hydrogen) atoms. The summed E-state index contributed by atoms with van der Waals surface area (Å²) in [4.78, 5) is 0.418. The second-order valence-corrected chi connectivity index (χ2v) is 7.94. The smallest absolute Gasteiger partial charge is 0.207 e. The number of phenolic OH excluding ortho intramolecular Hbond substituents is 2. The second-order valence-electron chi connectivity index (χ2n) is 6.09. The molecule has 0 radical (unpaired) electrons. The van der Waals surface area contributed by atoms with E-state index in [2.05, 4.69) is 0 Å². The van der Waals surface area contributed by atoms with Crippen molar-refractivity contribution >= 4 is 9.84 Å². The molecule has 0 unspecified atom stereocenters. The number of rotatable bonds is 2. The van der Waals surface area contributed by atoms with Crippen molar-refractivity contribution in [2.24, 2.45) is 0 Å². The number of aryl methyl sites for hydroxylation is 2. The van der Waals surface area contributed by atoms with Gasteiger partial charge >= 0.3 is 0 Å². The average molecular weight is 334 g/mol. The molecule has 5 heteroatoms. The summed E-state index contributed by atoms with van der Waals surface area (Å²) in [7, 11) is -3.75. The Hall–Kier alpha value is -2.01. The van der Waals surface area contributed by atoms with Crippen molar-refractivity contribution in [2.45, 2.75) is 51.3 Å². The zero-order valence-corrected chi connectivity index (χ0v) is 15.1. The first-order valence-electron chi connectivity index (χ1n) is 7.34. The van der Waals surface area contributed by atoms with Gasteiger partial charge < -0.3 is 10.2 Å². The van der Waals surface area contributed by atoms with Gasteiger partial charge in [-0.2, -0.15) is 0 Å². The van der Waals surface area contributed by atoms with Gasteiger partial charge in [-0.25, -0.2) is 8.42 Å². The fourth-order valence-electron chi connectivity index (χ4n) is 2.87. The van der Waals surface area contributed by atoms with Crippen LogP contribution in [0.25, 0.3) is 0 Å². The topological polar surface area (TPSA) is 74.6 Å². The first kappa shape index (κ1) is 17.3. The van der Waals surface area contributed by atoms with Crippen LogP contribution in [0.15, 0.2) is 21.9 Å². The monoisotopic (exact) mass is 334 g/mol. The molecule has 0 amide bonds. The zero-order valence-electron chi connectivity index (χ0n) is 14.3. The Labute approximate surface area is 137 Å². The third-order valence-electron chi connectivity index (χ3n) is 4.57. The molecule has 0 aromatic heterocycles. The predicted octanol–water partition coefficient (Wildman–Crippen LogP) is 3.78. The van der Waals surface area contributed by atoms with Crippen molar-refractivity contribution < 1.29 is 18.6 Å². The molecule has 2 rings (SSSR count). The van der Waals surface area contributed by atoms with Gasteiger partial charge in [-0.15, -0.1) is 0 Å². The van der Waals surface area contributed by atoms with Crippen LogP contribution in [-0.2, 0) is 9.84 Å². The fraction of sp³-hybridized carbons (Fsp3) is 0.333. The highest BCUT2D eigenvalue weighted by Crippen LogP contribution is 2.37. The van der Waals surface area contributed by atoms with Gasteiger partial charge in [0.1, 0.15) is 11.5 Å². The lowest BCUT2D eigenvalue weighted by Crippen LogP contribution is -2.10. The summed E-state index contributed by atoms with van der Waals surface area (Å²) in [6.45, 7) is 10.2. The van der Waals surface area contributed by atoms with Crippen LogP contribution >= 0.6 is 0 Å². The van der Waals surface area contributed by atoms with E-state index in [-0.39, 0.29) is 21.3 Å². The van der Waals surface area contributed by atoms with Gasteiger partial charge in [0.05, 0.1) is 9.79 Å². The van der Waals surface area contributed by atoms with Gasteiger partial charge in [0.15, 0.2) is 0 Å². The Kier molecular flexibility index (Phi) is 4.20. The summed E-state index contributed by atoms with van der Waals surface area (Å²) in [5.41, 5.74) is 3.24. The second kappa shape index (κ2) is 5.57. The number of benzene rings is 2. The molecular formula is C18H22O4S. The van der Waals surface area contributed by atoms with Gasteiger partial charge in [-0.05, 0) is 87.1 Å². The summed E-state index contributed by atoms with van der Waals surface area (Å²) in [6, 6.07) is 2.98. The van der Waals surface area contributed by atoms with Crippen molar-refractivity contribution in [1.82, 2.24) is 0 Å². The molecule has 4 nitrogen and oxygen atoms in total. The molecule has 0 aliphatic rings. The maximum Gasteiger partial charge on any atom is 0.207 e. The number of aromatic hydroxyl groups is 2. The molecule has 2 aromatic rings. The molecule has 2 aromatic carbocycles. The minimum Gasteiger partial charge on any atom is -0.508 e. The largest absolute Gasteiger partial charge is 0.508 e. The third kappa shape index (κ3) is 2.59. The molecule has 0 saturated heterocycles. The summed E-state index contributed by atoms with van der Waals surface area (Å²) in [5, 5.41) is 19.9. The summed E-state index contributed by atoms with van der Waals surface area (Å²) < 4.78 is 26.4. The Bertz CT molecular complexity index is 910. The van der Waals surface area contributed by atoms with Crippen LogP contribution in [-0.4, -0.2) is 18.6 Å². The average Bonchev–Trinajstić information content (AvgIpc) is 2.46. The van der Waals surface area contributed by atoms with Crippen LogP contribution in [0.3, 0.4) is 0 Å². The van der Waals surface area contributed by atoms with Crippen LogP contribution in [0.4, 0.5) is 0 Å². The number of phenols is 2. The molecular weight excluding hydrogens is 312 g/mol. The molecule has 0 spiro atoms. The molecule has 2 N–H and O–H groups in total. The minimum absolute atomic E-state index is 0.0914. The molecule has 0 bridgehead atoms. The van der Waals surface area contributed by atoms with Crippen molar-refractivity contribution in [3.8, 4) is 11.5 Å². The van der Waals surface area contributed by atoms with E-state index in [1.165, 1.54) is 12.1 Å². The maximum absolute atomic E-state index is 13.2.